The van der Waals surface area contributed by atoms with Crippen LogP contribution in [0.3, 0.4) is 0 Å². The van der Waals surface area contributed by atoms with Gasteiger partial charge in [-0.3, -0.25) is 18.6 Å². The monoisotopic (exact) mass is 734 g/mol. The van der Waals surface area contributed by atoms with Crippen LogP contribution in [-0.2, 0) is 27.9 Å². The molecule has 3 N–H and O–H groups in total. The van der Waals surface area contributed by atoms with Crippen LogP contribution in [0, 0.1) is 0 Å². The van der Waals surface area contributed by atoms with E-state index in [-0.39, 0.29) is 32.1 Å². The molecule has 0 aliphatic carbocycles. The lowest BCUT2D eigenvalue weighted by atomic mass is 10.0. The van der Waals surface area contributed by atoms with Crippen molar-refractivity contribution in [2.75, 3.05) is 26.4 Å². The number of aliphatic hydroxyl groups is 1. The summed E-state index contributed by atoms with van der Waals surface area (Å²) in [6.45, 7) is 3.58. The van der Waals surface area contributed by atoms with Gasteiger partial charge < -0.3 is 20.1 Å². The number of carbonyl (C=O) groups excluding carboxylic acids is 2. The van der Waals surface area contributed by atoms with E-state index in [0.29, 0.717) is 6.42 Å². The Morgan fingerprint density at radius 1 is 0.540 bits per heavy atom. The summed E-state index contributed by atoms with van der Waals surface area (Å²) in [4.78, 5) is 33.8. The number of phosphoric acid groups is 1. The second-order valence-corrected chi connectivity index (χ2v) is 15.8. The number of carbonyl (C=O) groups is 2. The first-order valence-electron chi connectivity index (χ1n) is 21.0. The van der Waals surface area contributed by atoms with E-state index in [2.05, 4.69) is 19.2 Å². The lowest BCUT2D eigenvalue weighted by Gasteiger charge is -2.15. The van der Waals surface area contributed by atoms with Crippen molar-refractivity contribution >= 4 is 19.7 Å². The molecule has 0 rings (SSSR count). The van der Waals surface area contributed by atoms with E-state index in [1.54, 1.807) is 0 Å². The Kier molecular flexibility index (Phi) is 37.0. The van der Waals surface area contributed by atoms with Crippen molar-refractivity contribution in [3.05, 3.63) is 0 Å². The predicted octanol–water partition coefficient (Wildman–Crippen LogP) is 11.3. The fourth-order valence-corrected chi connectivity index (χ4v) is 6.84. The average Bonchev–Trinajstić information content (AvgIpc) is 3.10. The summed E-state index contributed by atoms with van der Waals surface area (Å²) in [7, 11) is -4.40. The van der Waals surface area contributed by atoms with Gasteiger partial charge in [0.05, 0.1) is 13.2 Å². The third-order valence-electron chi connectivity index (χ3n) is 9.29. The molecule has 1 amide bonds. The molecule has 0 fully saturated rings. The molecule has 0 saturated heterocycles. The van der Waals surface area contributed by atoms with Crippen molar-refractivity contribution in [1.29, 1.82) is 0 Å². The number of hydrogen-bond donors (Lipinski definition) is 3. The molecular weight excluding hydrogens is 653 g/mol. The molecule has 0 heterocycles. The van der Waals surface area contributed by atoms with Gasteiger partial charge in [0.2, 0.25) is 5.91 Å². The lowest BCUT2D eigenvalue weighted by molar-refractivity contribution is -0.147. The van der Waals surface area contributed by atoms with Crippen LogP contribution in [0.2, 0.25) is 0 Å². The van der Waals surface area contributed by atoms with Crippen molar-refractivity contribution in [3.8, 4) is 0 Å². The van der Waals surface area contributed by atoms with Gasteiger partial charge in [0.15, 0.2) is 0 Å². The molecule has 0 aliphatic rings. The van der Waals surface area contributed by atoms with E-state index in [9.17, 15) is 24.2 Å². The number of nitrogens with one attached hydrogen (secondary N) is 1. The first kappa shape index (κ1) is 49.0. The molecule has 9 nitrogen and oxygen atoms in total. The summed E-state index contributed by atoms with van der Waals surface area (Å²) in [5, 5.41) is 12.7. The van der Waals surface area contributed by atoms with E-state index in [4.69, 9.17) is 13.8 Å². The van der Waals surface area contributed by atoms with E-state index in [0.717, 1.165) is 38.5 Å². The molecule has 10 heteroatoms. The fraction of sp³-hybridized carbons (Fsp3) is 0.950. The topological polar surface area (TPSA) is 131 Å². The molecule has 0 aromatic rings. The summed E-state index contributed by atoms with van der Waals surface area (Å²) in [6.07, 6.45) is 36.0. The number of phosphoric ester groups is 1. The maximum atomic E-state index is 12.1. The molecule has 2 atom stereocenters. The van der Waals surface area contributed by atoms with Gasteiger partial charge in [0.25, 0.3) is 0 Å². The highest BCUT2D eigenvalue weighted by Gasteiger charge is 2.23. The van der Waals surface area contributed by atoms with Crippen LogP contribution in [0.4, 0.5) is 0 Å². The molecule has 0 radical (unpaired) electrons. The van der Waals surface area contributed by atoms with Crippen molar-refractivity contribution in [1.82, 2.24) is 5.32 Å². The SMILES string of the molecule is CCCCCCCCCCCCCCCCCCC(=O)NCCOP(=O)(O)OCC(O)COC(=O)CCCCCCCCCCCCCCC. The second kappa shape index (κ2) is 37.8. The summed E-state index contributed by atoms with van der Waals surface area (Å²) >= 11 is 0. The molecule has 0 aromatic carbocycles. The molecule has 0 spiro atoms. The number of amides is 1. The summed E-state index contributed by atoms with van der Waals surface area (Å²) < 4.78 is 26.8. The largest absolute Gasteiger partial charge is 0.472 e. The zero-order valence-electron chi connectivity index (χ0n) is 32.6. The summed E-state index contributed by atoms with van der Waals surface area (Å²) in [6, 6.07) is 0. The van der Waals surface area contributed by atoms with Crippen LogP contribution in [0.5, 0.6) is 0 Å². The fourth-order valence-electron chi connectivity index (χ4n) is 6.09. The van der Waals surface area contributed by atoms with Crippen molar-refractivity contribution in [3.63, 3.8) is 0 Å². The minimum atomic E-state index is -4.40. The van der Waals surface area contributed by atoms with Crippen LogP contribution in [-0.4, -0.2) is 54.3 Å². The quantitative estimate of drug-likeness (QED) is 0.0322. The summed E-state index contributed by atoms with van der Waals surface area (Å²) in [5.41, 5.74) is 0. The molecular formula is C40H80NO8P. The lowest BCUT2D eigenvalue weighted by Crippen LogP contribution is -2.27. The van der Waals surface area contributed by atoms with E-state index >= 15 is 0 Å². The zero-order chi connectivity index (χ0) is 36.8. The van der Waals surface area contributed by atoms with Gasteiger partial charge in [0.1, 0.15) is 12.7 Å². The predicted molar refractivity (Wildman–Crippen MR) is 206 cm³/mol. The Morgan fingerprint density at radius 2 is 0.900 bits per heavy atom. The Balaban J connectivity index is 3.56. The highest BCUT2D eigenvalue weighted by Crippen LogP contribution is 2.42. The van der Waals surface area contributed by atoms with E-state index < -0.39 is 26.5 Å². The van der Waals surface area contributed by atoms with Gasteiger partial charge in [-0.25, -0.2) is 4.57 Å². The number of hydrogen-bond acceptors (Lipinski definition) is 7. The number of aliphatic hydroxyl groups excluding tert-OH is 1. The van der Waals surface area contributed by atoms with Crippen molar-refractivity contribution in [2.45, 2.75) is 219 Å². The van der Waals surface area contributed by atoms with E-state index in [1.165, 1.54) is 148 Å². The Hall–Kier alpha value is -0.990. The highest BCUT2D eigenvalue weighted by molar-refractivity contribution is 7.47. The highest BCUT2D eigenvalue weighted by atomic mass is 31.2. The van der Waals surface area contributed by atoms with Gasteiger partial charge in [-0.1, -0.05) is 187 Å². The number of rotatable bonds is 40. The number of unbranched alkanes of at least 4 members (excludes halogenated alkanes) is 27. The third-order valence-corrected chi connectivity index (χ3v) is 10.3. The van der Waals surface area contributed by atoms with Gasteiger partial charge in [-0.2, -0.15) is 0 Å². The molecule has 0 aliphatic heterocycles. The average molecular weight is 734 g/mol. The molecule has 0 aromatic heterocycles. The Labute approximate surface area is 307 Å². The first-order chi connectivity index (χ1) is 24.3. The normalized spacial score (nSPS) is 13.3. The minimum absolute atomic E-state index is 0.0883. The van der Waals surface area contributed by atoms with Gasteiger partial charge in [-0.05, 0) is 12.8 Å². The molecule has 0 saturated carbocycles. The number of ether oxygens (including phenoxy) is 1. The number of esters is 1. The van der Waals surface area contributed by atoms with Crippen molar-refractivity contribution in [2.24, 2.45) is 0 Å². The van der Waals surface area contributed by atoms with Crippen molar-refractivity contribution < 1.29 is 37.9 Å². The second-order valence-electron chi connectivity index (χ2n) is 14.3. The minimum Gasteiger partial charge on any atom is -0.463 e. The standard InChI is InChI=1S/C40H80NO8P/c1-3-5-7-9-11-13-15-17-18-19-21-22-24-26-28-30-32-39(43)41-34-35-48-50(45,46)49-37-38(42)36-47-40(44)33-31-29-27-25-23-20-16-14-12-10-8-6-4-2/h38,42H,3-37H2,1-2H3,(H,41,43)(H,45,46). The van der Waals surface area contributed by atoms with Gasteiger partial charge in [-0.15, -0.1) is 0 Å². The molecule has 0 bridgehead atoms. The molecule has 298 valence electrons. The van der Waals surface area contributed by atoms with Crippen LogP contribution in [0.25, 0.3) is 0 Å². The van der Waals surface area contributed by atoms with Crippen LogP contribution in [0.1, 0.15) is 213 Å². The third kappa shape index (κ3) is 38.2. The first-order valence-corrected chi connectivity index (χ1v) is 22.5. The zero-order valence-corrected chi connectivity index (χ0v) is 33.5. The maximum Gasteiger partial charge on any atom is 0.472 e. The Morgan fingerprint density at radius 3 is 1.30 bits per heavy atom. The van der Waals surface area contributed by atoms with Crippen LogP contribution in [0.15, 0.2) is 0 Å². The van der Waals surface area contributed by atoms with E-state index in [1.807, 2.05) is 0 Å². The van der Waals surface area contributed by atoms with Gasteiger partial charge >= 0.3 is 13.8 Å². The van der Waals surface area contributed by atoms with Crippen LogP contribution >= 0.6 is 7.82 Å². The molecule has 2 unspecified atom stereocenters. The van der Waals surface area contributed by atoms with Crippen LogP contribution < -0.4 is 5.32 Å². The maximum absolute atomic E-state index is 12.1. The van der Waals surface area contributed by atoms with Gasteiger partial charge in [0, 0.05) is 19.4 Å². The smallest absolute Gasteiger partial charge is 0.463 e. The Bertz CT molecular complexity index is 799. The molecule has 50 heavy (non-hydrogen) atoms. The summed E-state index contributed by atoms with van der Waals surface area (Å²) in [5.74, 6) is -0.505.